The van der Waals surface area contributed by atoms with Gasteiger partial charge in [-0.05, 0) is 42.8 Å². The van der Waals surface area contributed by atoms with Gasteiger partial charge in [0, 0.05) is 11.8 Å². The van der Waals surface area contributed by atoms with Crippen LogP contribution in [0.15, 0.2) is 41.1 Å². The molecule has 2 aromatic heterocycles. The van der Waals surface area contributed by atoms with Crippen LogP contribution in [-0.2, 0) is 0 Å². The third-order valence-electron chi connectivity index (χ3n) is 2.98. The Morgan fingerprint density at radius 3 is 2.86 bits per heavy atom. The highest BCUT2D eigenvalue weighted by Gasteiger charge is 2.15. The van der Waals surface area contributed by atoms with E-state index in [4.69, 9.17) is 21.4 Å². The van der Waals surface area contributed by atoms with Crippen molar-refractivity contribution in [2.75, 3.05) is 0 Å². The highest BCUT2D eigenvalue weighted by atomic mass is 35.5. The van der Waals surface area contributed by atoms with E-state index >= 15 is 0 Å². The molecular weight excluding hydrogens is 288 g/mol. The minimum absolute atomic E-state index is 0.333. The van der Waals surface area contributed by atoms with Crippen LogP contribution in [0.4, 0.5) is 0 Å². The van der Waals surface area contributed by atoms with Gasteiger partial charge in [0.05, 0.1) is 16.7 Å². The first-order valence-corrected chi connectivity index (χ1v) is 6.52. The fraction of sp³-hybridized carbons (Fsp3) is 0.0667. The summed E-state index contributed by atoms with van der Waals surface area (Å²) in [6.07, 6.45) is 1.62. The molecule has 0 aliphatic rings. The second-order valence-corrected chi connectivity index (χ2v) is 4.81. The predicted molar refractivity (Wildman–Crippen MR) is 77.4 cm³/mol. The lowest BCUT2D eigenvalue weighted by Crippen LogP contribution is -1.88. The summed E-state index contributed by atoms with van der Waals surface area (Å²) in [5.74, 6) is 0.702. The van der Waals surface area contributed by atoms with E-state index in [1.54, 1.807) is 36.5 Å². The Balaban J connectivity index is 2.03. The first kappa shape index (κ1) is 13.3. The SMILES string of the molecule is Cc1cc(C#N)ccc1-c1nc(-c2ncccc2Cl)no1. The lowest BCUT2D eigenvalue weighted by Gasteiger charge is -2.00. The molecule has 0 spiro atoms. The van der Waals surface area contributed by atoms with Crippen LogP contribution in [0.1, 0.15) is 11.1 Å². The first-order chi connectivity index (χ1) is 10.2. The summed E-state index contributed by atoms with van der Waals surface area (Å²) in [4.78, 5) is 8.47. The number of rotatable bonds is 2. The Bertz CT molecular complexity index is 851. The van der Waals surface area contributed by atoms with Crippen LogP contribution in [-0.4, -0.2) is 15.1 Å². The predicted octanol–water partition coefficient (Wildman–Crippen LogP) is 3.63. The number of benzene rings is 1. The summed E-state index contributed by atoms with van der Waals surface area (Å²) in [7, 11) is 0. The maximum Gasteiger partial charge on any atom is 0.258 e. The third kappa shape index (κ3) is 2.49. The largest absolute Gasteiger partial charge is 0.334 e. The van der Waals surface area contributed by atoms with Crippen molar-refractivity contribution >= 4 is 11.6 Å². The Kier molecular flexibility index (Phi) is 3.38. The van der Waals surface area contributed by atoms with Gasteiger partial charge in [-0.2, -0.15) is 10.2 Å². The van der Waals surface area contributed by atoms with Crippen molar-refractivity contribution in [1.29, 1.82) is 5.26 Å². The fourth-order valence-corrected chi connectivity index (χ4v) is 2.16. The van der Waals surface area contributed by atoms with Crippen LogP contribution >= 0.6 is 11.6 Å². The van der Waals surface area contributed by atoms with Crippen LogP contribution in [0.5, 0.6) is 0 Å². The van der Waals surface area contributed by atoms with Crippen molar-refractivity contribution < 1.29 is 4.52 Å². The summed E-state index contributed by atoms with van der Waals surface area (Å²) in [5, 5.41) is 13.3. The van der Waals surface area contributed by atoms with Crippen molar-refractivity contribution in [1.82, 2.24) is 15.1 Å². The first-order valence-electron chi connectivity index (χ1n) is 6.15. The van der Waals surface area contributed by atoms with Gasteiger partial charge in [0.25, 0.3) is 5.89 Å². The molecule has 0 amide bonds. The standard InChI is InChI=1S/C15H9ClN4O/c1-9-7-10(8-17)4-5-11(9)15-19-14(20-21-15)13-12(16)3-2-6-18-13/h2-7H,1H3. The van der Waals surface area contributed by atoms with E-state index in [0.717, 1.165) is 11.1 Å². The van der Waals surface area contributed by atoms with Gasteiger partial charge in [0.1, 0.15) is 5.69 Å². The summed E-state index contributed by atoms with van der Waals surface area (Å²) in [5.41, 5.74) is 2.72. The quantitative estimate of drug-likeness (QED) is 0.721. The topological polar surface area (TPSA) is 75.6 Å². The number of hydrogen-bond acceptors (Lipinski definition) is 5. The number of halogens is 1. The average Bonchev–Trinajstić information content (AvgIpc) is 2.97. The number of nitrogens with zero attached hydrogens (tertiary/aromatic N) is 4. The number of aryl methyl sites for hydroxylation is 1. The molecule has 0 atom stereocenters. The van der Waals surface area contributed by atoms with E-state index in [9.17, 15) is 0 Å². The molecule has 0 saturated heterocycles. The maximum absolute atomic E-state index is 8.88. The molecule has 2 heterocycles. The zero-order valence-electron chi connectivity index (χ0n) is 11.0. The normalized spacial score (nSPS) is 10.3. The fourth-order valence-electron chi connectivity index (χ4n) is 1.95. The average molecular weight is 297 g/mol. The Morgan fingerprint density at radius 1 is 1.29 bits per heavy atom. The molecule has 0 radical (unpaired) electrons. The van der Waals surface area contributed by atoms with E-state index in [1.165, 1.54) is 0 Å². The van der Waals surface area contributed by atoms with Crippen LogP contribution < -0.4 is 0 Å². The number of nitriles is 1. The maximum atomic E-state index is 8.88. The molecule has 0 saturated carbocycles. The van der Waals surface area contributed by atoms with Gasteiger partial charge in [0.15, 0.2) is 0 Å². The molecule has 3 aromatic rings. The lowest BCUT2D eigenvalue weighted by atomic mass is 10.1. The lowest BCUT2D eigenvalue weighted by molar-refractivity contribution is 0.432. The van der Waals surface area contributed by atoms with Gasteiger partial charge in [-0.1, -0.05) is 16.8 Å². The summed E-state index contributed by atoms with van der Waals surface area (Å²) >= 11 is 6.06. The Hall–Kier alpha value is -2.71. The third-order valence-corrected chi connectivity index (χ3v) is 3.29. The van der Waals surface area contributed by atoms with Gasteiger partial charge in [-0.3, -0.25) is 4.98 Å². The zero-order valence-corrected chi connectivity index (χ0v) is 11.8. The van der Waals surface area contributed by atoms with E-state index in [1.807, 2.05) is 6.92 Å². The molecule has 6 heteroatoms. The molecule has 0 aliphatic heterocycles. The van der Waals surface area contributed by atoms with Gasteiger partial charge in [0.2, 0.25) is 5.82 Å². The van der Waals surface area contributed by atoms with Gasteiger partial charge in [-0.15, -0.1) is 0 Å². The highest BCUT2D eigenvalue weighted by molar-refractivity contribution is 6.32. The Labute approximate surface area is 125 Å². The second-order valence-electron chi connectivity index (χ2n) is 4.40. The molecule has 21 heavy (non-hydrogen) atoms. The van der Waals surface area contributed by atoms with Gasteiger partial charge < -0.3 is 4.52 Å². The van der Waals surface area contributed by atoms with Crippen LogP contribution in [0.25, 0.3) is 23.0 Å². The van der Waals surface area contributed by atoms with E-state index in [0.29, 0.717) is 28.0 Å². The molecule has 102 valence electrons. The minimum atomic E-state index is 0.333. The number of aromatic nitrogens is 3. The molecule has 0 aliphatic carbocycles. The molecule has 0 N–H and O–H groups in total. The molecule has 0 unspecified atom stereocenters. The molecular formula is C15H9ClN4O. The second kappa shape index (κ2) is 5.35. The van der Waals surface area contributed by atoms with E-state index in [2.05, 4.69) is 21.2 Å². The van der Waals surface area contributed by atoms with Crippen molar-refractivity contribution in [2.24, 2.45) is 0 Å². The summed E-state index contributed by atoms with van der Waals surface area (Å²) in [6.45, 7) is 1.88. The molecule has 0 bridgehead atoms. The number of pyridine rings is 1. The van der Waals surface area contributed by atoms with Gasteiger partial charge in [-0.25, -0.2) is 0 Å². The zero-order chi connectivity index (χ0) is 14.8. The minimum Gasteiger partial charge on any atom is -0.334 e. The van der Waals surface area contributed by atoms with Crippen LogP contribution in [0, 0.1) is 18.3 Å². The van der Waals surface area contributed by atoms with E-state index in [-0.39, 0.29) is 0 Å². The molecule has 0 fully saturated rings. The molecule has 3 rings (SSSR count). The van der Waals surface area contributed by atoms with Crippen LogP contribution in [0.3, 0.4) is 0 Å². The monoisotopic (exact) mass is 296 g/mol. The van der Waals surface area contributed by atoms with E-state index < -0.39 is 0 Å². The summed E-state index contributed by atoms with van der Waals surface area (Å²) < 4.78 is 5.27. The Morgan fingerprint density at radius 2 is 2.14 bits per heavy atom. The molecule has 1 aromatic carbocycles. The van der Waals surface area contributed by atoms with Crippen molar-refractivity contribution in [2.45, 2.75) is 6.92 Å². The molecule has 5 nitrogen and oxygen atoms in total. The smallest absolute Gasteiger partial charge is 0.258 e. The highest BCUT2D eigenvalue weighted by Crippen LogP contribution is 2.27. The van der Waals surface area contributed by atoms with Crippen molar-refractivity contribution in [3.63, 3.8) is 0 Å². The van der Waals surface area contributed by atoms with Crippen molar-refractivity contribution in [3.05, 3.63) is 52.7 Å². The number of hydrogen-bond donors (Lipinski definition) is 0. The van der Waals surface area contributed by atoms with Gasteiger partial charge >= 0.3 is 0 Å². The summed E-state index contributed by atoms with van der Waals surface area (Å²) in [6, 6.07) is 10.8. The van der Waals surface area contributed by atoms with Crippen LogP contribution in [0.2, 0.25) is 5.02 Å². The van der Waals surface area contributed by atoms with Crippen molar-refractivity contribution in [3.8, 4) is 29.0 Å².